The van der Waals surface area contributed by atoms with Crippen LogP contribution < -0.4 is 5.56 Å². The number of rotatable bonds is 7. The smallest absolute Gasteiger partial charge is 0.281 e. The van der Waals surface area contributed by atoms with Crippen LogP contribution in [-0.4, -0.2) is 93.0 Å². The molecular weight excluding hydrogens is 466 g/mol. The van der Waals surface area contributed by atoms with Gasteiger partial charge in [-0.1, -0.05) is 30.0 Å². The lowest BCUT2D eigenvalue weighted by atomic mass is 10.2. The van der Waals surface area contributed by atoms with E-state index in [0.29, 0.717) is 34.9 Å². The molecule has 1 aliphatic heterocycles. The molecule has 11 nitrogen and oxygen atoms in total. The van der Waals surface area contributed by atoms with Gasteiger partial charge in [-0.05, 0) is 12.1 Å². The fourth-order valence-electron chi connectivity index (χ4n) is 3.74. The van der Waals surface area contributed by atoms with Gasteiger partial charge < -0.3 is 4.90 Å². The molecule has 0 unspecified atom stereocenters. The van der Waals surface area contributed by atoms with E-state index in [2.05, 4.69) is 16.8 Å². The number of thioether (sulfide) groups is 1. The third-order valence-electron chi connectivity index (χ3n) is 5.49. The molecule has 1 aromatic carbocycles. The highest BCUT2D eigenvalue weighted by atomic mass is 32.2. The second-order valence-corrected chi connectivity index (χ2v) is 10.8. The van der Waals surface area contributed by atoms with Crippen LogP contribution in [0.2, 0.25) is 0 Å². The number of piperazine rings is 1. The van der Waals surface area contributed by atoms with Crippen molar-refractivity contribution in [3.05, 3.63) is 47.3 Å². The lowest BCUT2D eigenvalue weighted by Gasteiger charge is -2.35. The molecule has 0 aliphatic carbocycles. The molecular formula is C20H25N7O4S2. The second kappa shape index (κ2) is 9.25. The lowest BCUT2D eigenvalue weighted by molar-refractivity contribution is -0.129. The van der Waals surface area contributed by atoms with Crippen LogP contribution in [0, 0.1) is 0 Å². The van der Waals surface area contributed by atoms with Crippen LogP contribution in [0.3, 0.4) is 0 Å². The van der Waals surface area contributed by atoms with Crippen molar-refractivity contribution >= 4 is 44.6 Å². The first-order valence-electron chi connectivity index (χ1n) is 10.3. The Balaban J connectivity index is 1.53. The number of para-hydroxylation sites is 1. The van der Waals surface area contributed by atoms with Crippen molar-refractivity contribution in [1.82, 2.24) is 32.7 Å². The minimum Gasteiger partial charge on any atom is -0.339 e. The zero-order valence-corrected chi connectivity index (χ0v) is 20.0. The van der Waals surface area contributed by atoms with E-state index in [1.165, 1.54) is 39.0 Å². The van der Waals surface area contributed by atoms with Gasteiger partial charge in [0, 0.05) is 46.8 Å². The van der Waals surface area contributed by atoms with Crippen LogP contribution >= 0.6 is 11.8 Å². The molecule has 4 rings (SSSR count). The zero-order valence-electron chi connectivity index (χ0n) is 18.4. The fourth-order valence-corrected chi connectivity index (χ4v) is 5.67. The molecule has 1 fully saturated rings. The summed E-state index contributed by atoms with van der Waals surface area (Å²) in [5, 5.41) is 9.45. The average molecular weight is 492 g/mol. The number of amides is 1. The first kappa shape index (κ1) is 23.4. The second-order valence-electron chi connectivity index (χ2n) is 7.70. The Kier molecular flexibility index (Phi) is 6.56. The molecule has 176 valence electrons. The van der Waals surface area contributed by atoms with Gasteiger partial charge in [-0.3, -0.25) is 18.6 Å². The molecule has 0 bridgehead atoms. The zero-order chi connectivity index (χ0) is 23.8. The molecule has 3 heterocycles. The molecule has 33 heavy (non-hydrogen) atoms. The molecule has 0 spiro atoms. The summed E-state index contributed by atoms with van der Waals surface area (Å²) in [6, 6.07) is 7.20. The summed E-state index contributed by atoms with van der Waals surface area (Å²) in [5.41, 5.74) is 0.490. The van der Waals surface area contributed by atoms with Crippen molar-refractivity contribution in [2.24, 2.45) is 0 Å². The molecule has 1 amide bonds. The molecule has 1 aliphatic rings. The van der Waals surface area contributed by atoms with Crippen molar-refractivity contribution in [3.8, 4) is 0 Å². The summed E-state index contributed by atoms with van der Waals surface area (Å²) >= 11 is 1.23. The summed E-state index contributed by atoms with van der Waals surface area (Å²) in [6.07, 6.45) is 1.62. The van der Waals surface area contributed by atoms with E-state index in [0.717, 1.165) is 0 Å². The van der Waals surface area contributed by atoms with Crippen LogP contribution in [0.25, 0.3) is 16.7 Å². The Labute approximate surface area is 195 Å². The Morgan fingerprint density at radius 1 is 1.18 bits per heavy atom. The van der Waals surface area contributed by atoms with Gasteiger partial charge in [0.1, 0.15) is 0 Å². The SMILES string of the molecule is C=CCn1c(=O)c2ccccc2n2c(SCC(=O)N3CCN(S(=O)(=O)N(C)C)CC3)nnc12. The number of aromatic nitrogens is 4. The third-order valence-corrected chi connectivity index (χ3v) is 8.35. The highest BCUT2D eigenvalue weighted by Crippen LogP contribution is 2.22. The van der Waals surface area contributed by atoms with E-state index in [-0.39, 0.29) is 36.9 Å². The van der Waals surface area contributed by atoms with E-state index in [4.69, 9.17) is 0 Å². The third kappa shape index (κ3) is 4.28. The van der Waals surface area contributed by atoms with Crippen LogP contribution in [-0.2, 0) is 21.5 Å². The standard InChI is InChI=1S/C20H25N7O4S2/c1-4-9-26-18(29)15-7-5-6-8-16(15)27-19(26)21-22-20(27)32-14-17(28)24-10-12-25(13-11-24)33(30,31)23(2)3/h4-8H,1,9-14H2,2-3H3. The van der Waals surface area contributed by atoms with E-state index in [1.807, 2.05) is 12.1 Å². The Hall–Kier alpha value is -2.74. The van der Waals surface area contributed by atoms with Gasteiger partial charge >= 0.3 is 0 Å². The number of allylic oxidation sites excluding steroid dienone is 1. The van der Waals surface area contributed by atoms with Crippen molar-refractivity contribution in [3.63, 3.8) is 0 Å². The number of fused-ring (bicyclic) bond motifs is 3. The average Bonchev–Trinajstić information content (AvgIpc) is 3.24. The Morgan fingerprint density at radius 3 is 2.55 bits per heavy atom. The predicted octanol–water partition coefficient (Wildman–Crippen LogP) is 0.273. The summed E-state index contributed by atoms with van der Waals surface area (Å²) in [7, 11) is -0.506. The fraction of sp³-hybridized carbons (Fsp3) is 0.400. The monoisotopic (exact) mass is 491 g/mol. The summed E-state index contributed by atoms with van der Waals surface area (Å²) in [6.45, 7) is 5.17. The van der Waals surface area contributed by atoms with Crippen LogP contribution in [0.1, 0.15) is 0 Å². The molecule has 0 N–H and O–H groups in total. The van der Waals surface area contributed by atoms with E-state index < -0.39 is 10.2 Å². The van der Waals surface area contributed by atoms with Gasteiger partial charge in [-0.2, -0.15) is 17.0 Å². The quantitative estimate of drug-likeness (QED) is 0.344. The summed E-state index contributed by atoms with van der Waals surface area (Å²) in [5.74, 6) is 0.397. The first-order chi connectivity index (χ1) is 15.8. The van der Waals surface area contributed by atoms with Crippen molar-refractivity contribution in [2.45, 2.75) is 11.7 Å². The normalized spacial score (nSPS) is 15.5. The number of benzene rings is 1. The van der Waals surface area contributed by atoms with E-state index in [9.17, 15) is 18.0 Å². The molecule has 0 atom stereocenters. The number of hydrogen-bond acceptors (Lipinski definition) is 7. The van der Waals surface area contributed by atoms with Gasteiger partial charge in [0.05, 0.1) is 16.7 Å². The van der Waals surface area contributed by atoms with Crippen molar-refractivity contribution in [2.75, 3.05) is 46.0 Å². The molecule has 0 saturated carbocycles. The molecule has 13 heteroatoms. The van der Waals surface area contributed by atoms with Crippen LogP contribution in [0.15, 0.2) is 46.9 Å². The summed E-state index contributed by atoms with van der Waals surface area (Å²) in [4.78, 5) is 27.3. The number of nitrogens with zero attached hydrogens (tertiary/aromatic N) is 7. The van der Waals surface area contributed by atoms with Gasteiger partial charge in [0.2, 0.25) is 11.7 Å². The maximum absolute atomic E-state index is 12.9. The Bertz CT molecular complexity index is 1370. The van der Waals surface area contributed by atoms with Gasteiger partial charge in [0.25, 0.3) is 15.8 Å². The Morgan fingerprint density at radius 2 is 1.88 bits per heavy atom. The van der Waals surface area contributed by atoms with Crippen molar-refractivity contribution in [1.29, 1.82) is 0 Å². The topological polar surface area (TPSA) is 113 Å². The maximum Gasteiger partial charge on any atom is 0.281 e. The molecule has 0 radical (unpaired) electrons. The first-order valence-corrected chi connectivity index (χ1v) is 12.7. The van der Waals surface area contributed by atoms with Crippen LogP contribution in [0.4, 0.5) is 0 Å². The van der Waals surface area contributed by atoms with Crippen LogP contribution in [0.5, 0.6) is 0 Å². The van der Waals surface area contributed by atoms with Gasteiger partial charge in [-0.25, -0.2) is 0 Å². The minimum absolute atomic E-state index is 0.109. The number of carbonyl (C=O) groups is 1. The maximum atomic E-state index is 12.9. The predicted molar refractivity (Wildman–Crippen MR) is 126 cm³/mol. The number of hydrogen-bond donors (Lipinski definition) is 0. The van der Waals surface area contributed by atoms with Crippen molar-refractivity contribution < 1.29 is 13.2 Å². The van der Waals surface area contributed by atoms with E-state index in [1.54, 1.807) is 27.5 Å². The van der Waals surface area contributed by atoms with E-state index >= 15 is 0 Å². The molecule has 1 saturated heterocycles. The molecule has 3 aromatic rings. The van der Waals surface area contributed by atoms with Gasteiger partial charge in [-0.15, -0.1) is 16.8 Å². The highest BCUT2D eigenvalue weighted by molar-refractivity contribution is 7.99. The highest BCUT2D eigenvalue weighted by Gasteiger charge is 2.30. The van der Waals surface area contributed by atoms with Gasteiger partial charge in [0.15, 0.2) is 5.16 Å². The molecule has 2 aromatic heterocycles. The number of carbonyl (C=O) groups excluding carboxylic acids is 1. The lowest BCUT2D eigenvalue weighted by Crippen LogP contribution is -2.53. The largest absolute Gasteiger partial charge is 0.339 e. The summed E-state index contributed by atoms with van der Waals surface area (Å²) < 4.78 is 30.4. The minimum atomic E-state index is -3.49.